The van der Waals surface area contributed by atoms with Crippen LogP contribution in [-0.2, 0) is 9.59 Å². The van der Waals surface area contributed by atoms with E-state index < -0.39 is 17.4 Å². The summed E-state index contributed by atoms with van der Waals surface area (Å²) in [4.78, 5) is 23.0. The predicted molar refractivity (Wildman–Crippen MR) is 97.7 cm³/mol. The summed E-state index contributed by atoms with van der Waals surface area (Å²) in [5, 5.41) is 23.0. The number of carboxylic acid groups (broad SMARTS) is 2. The van der Waals surface area contributed by atoms with Crippen molar-refractivity contribution in [2.45, 2.75) is 117 Å². The topological polar surface area (TPSA) is 80.3 Å². The minimum Gasteiger partial charge on any atom is -0.549 e. The molecule has 0 aliphatic carbocycles. The molecule has 148 valence electrons. The minimum absolute atomic E-state index is 0. The molecule has 0 fully saturated rings. The molecule has 0 aliphatic rings. The summed E-state index contributed by atoms with van der Waals surface area (Å²) in [5.41, 5.74) is -1.80. The van der Waals surface area contributed by atoms with Gasteiger partial charge in [-0.2, -0.15) is 0 Å². The van der Waals surface area contributed by atoms with E-state index in [1.165, 1.54) is 38.5 Å². The molecule has 0 aromatic heterocycles. The fraction of sp³-hybridized carbons (Fsp3) is 0.905. The Labute approximate surface area is 252 Å². The van der Waals surface area contributed by atoms with Crippen LogP contribution in [0, 0.1) is 5.41 Å². The van der Waals surface area contributed by atoms with Gasteiger partial charge in [0.25, 0.3) is 0 Å². The van der Waals surface area contributed by atoms with Gasteiger partial charge < -0.3 is 19.8 Å². The van der Waals surface area contributed by atoms with Crippen LogP contribution >= 0.6 is 0 Å². The summed E-state index contributed by atoms with van der Waals surface area (Å²) in [6.45, 7) is 4.28. The van der Waals surface area contributed by atoms with Crippen molar-refractivity contribution in [2.24, 2.45) is 5.41 Å². The first kappa shape index (κ1) is 33.8. The van der Waals surface area contributed by atoms with Crippen LogP contribution in [0.3, 0.4) is 0 Å². The van der Waals surface area contributed by atoms with Gasteiger partial charge in [0.05, 0.1) is 11.9 Å². The molecule has 0 radical (unpaired) electrons. The van der Waals surface area contributed by atoms with E-state index in [-0.39, 0.29) is 116 Å². The first-order valence-electron chi connectivity index (χ1n) is 10.4. The number of rotatable bonds is 18. The Morgan fingerprint density at radius 1 is 0.556 bits per heavy atom. The molecule has 4 nitrogen and oxygen atoms in total. The first-order valence-corrected chi connectivity index (χ1v) is 10.4. The molecule has 0 heterocycles. The Morgan fingerprint density at radius 2 is 0.815 bits per heavy atom. The van der Waals surface area contributed by atoms with E-state index in [9.17, 15) is 19.8 Å². The monoisotopic (exact) mass is 432 g/mol. The van der Waals surface area contributed by atoms with Crippen LogP contribution in [-0.4, -0.2) is 11.9 Å². The number of carboxylic acids is 2. The summed E-state index contributed by atoms with van der Waals surface area (Å²) in [5.74, 6) is -2.94. The second kappa shape index (κ2) is 22.9. The average molecular weight is 433 g/mol. The molecule has 0 N–H and O–H groups in total. The van der Waals surface area contributed by atoms with E-state index in [2.05, 4.69) is 13.8 Å². The Balaban J connectivity index is -0.00000288. The largest absolute Gasteiger partial charge is 1.00 e. The van der Waals surface area contributed by atoms with Crippen molar-refractivity contribution in [3.63, 3.8) is 0 Å². The SMILES string of the molecule is CCCCCCCCCCCCC(CCCCCC)(C(=O)[O-])C(=O)[O-].[K+].[K+]. The molecule has 6 heteroatoms. The quantitative estimate of drug-likeness (QED) is 0.139. The Bertz CT molecular complexity index is 348. The number of carbonyl (C=O) groups is 2. The fourth-order valence-corrected chi connectivity index (χ4v) is 3.38. The van der Waals surface area contributed by atoms with Gasteiger partial charge in [-0.3, -0.25) is 0 Å². The van der Waals surface area contributed by atoms with Crippen molar-refractivity contribution >= 4 is 11.9 Å². The number of aliphatic carboxylic acids is 2. The van der Waals surface area contributed by atoms with Crippen molar-refractivity contribution in [1.29, 1.82) is 0 Å². The number of hydrogen-bond donors (Lipinski definition) is 0. The van der Waals surface area contributed by atoms with Gasteiger partial charge >= 0.3 is 103 Å². The number of carbonyl (C=O) groups excluding carboxylic acids is 2. The van der Waals surface area contributed by atoms with Crippen LogP contribution in [0.2, 0.25) is 0 Å². The second-order valence-electron chi connectivity index (χ2n) is 7.40. The van der Waals surface area contributed by atoms with E-state index >= 15 is 0 Å². The van der Waals surface area contributed by atoms with Crippen molar-refractivity contribution in [2.75, 3.05) is 0 Å². The van der Waals surface area contributed by atoms with E-state index in [1.807, 2.05) is 0 Å². The molecule has 0 rings (SSSR count). The van der Waals surface area contributed by atoms with Gasteiger partial charge in [0.15, 0.2) is 0 Å². The molecule has 0 spiro atoms. The molecule has 0 amide bonds. The summed E-state index contributed by atoms with van der Waals surface area (Å²) in [7, 11) is 0. The Morgan fingerprint density at radius 3 is 1.11 bits per heavy atom. The predicted octanol–water partition coefficient (Wildman–Crippen LogP) is -2.24. The van der Waals surface area contributed by atoms with Gasteiger partial charge in [-0.1, -0.05) is 104 Å². The summed E-state index contributed by atoms with van der Waals surface area (Å²) < 4.78 is 0. The van der Waals surface area contributed by atoms with Crippen LogP contribution < -0.4 is 113 Å². The van der Waals surface area contributed by atoms with Crippen molar-refractivity contribution in [1.82, 2.24) is 0 Å². The molecule has 0 aliphatic heterocycles. The molecule has 0 saturated carbocycles. The molecule has 0 saturated heterocycles. The van der Waals surface area contributed by atoms with Gasteiger partial charge in [0.1, 0.15) is 0 Å². The minimum atomic E-state index is -1.80. The van der Waals surface area contributed by atoms with E-state index in [0.717, 1.165) is 38.5 Å². The molecular weight excluding hydrogens is 394 g/mol. The van der Waals surface area contributed by atoms with Crippen LogP contribution in [0.5, 0.6) is 0 Å². The van der Waals surface area contributed by atoms with Gasteiger partial charge in [-0.25, -0.2) is 0 Å². The van der Waals surface area contributed by atoms with Gasteiger partial charge in [0, 0.05) is 5.41 Å². The van der Waals surface area contributed by atoms with Crippen LogP contribution in [0.1, 0.15) is 117 Å². The van der Waals surface area contributed by atoms with Crippen molar-refractivity contribution < 1.29 is 123 Å². The van der Waals surface area contributed by atoms with Gasteiger partial charge in [-0.15, -0.1) is 0 Å². The Kier molecular flexibility index (Phi) is 28.7. The molecule has 0 aromatic rings. The zero-order valence-corrected chi connectivity index (χ0v) is 24.7. The van der Waals surface area contributed by atoms with Crippen molar-refractivity contribution in [3.8, 4) is 0 Å². The number of hydrogen-bond acceptors (Lipinski definition) is 4. The summed E-state index contributed by atoms with van der Waals surface area (Å²) >= 11 is 0. The zero-order chi connectivity index (χ0) is 19.0. The van der Waals surface area contributed by atoms with E-state index in [0.29, 0.717) is 12.8 Å². The first-order chi connectivity index (χ1) is 12.0. The van der Waals surface area contributed by atoms with Crippen molar-refractivity contribution in [3.05, 3.63) is 0 Å². The zero-order valence-electron chi connectivity index (χ0n) is 18.4. The maximum Gasteiger partial charge on any atom is 1.00 e. The third kappa shape index (κ3) is 16.6. The second-order valence-corrected chi connectivity index (χ2v) is 7.40. The summed E-state index contributed by atoms with van der Waals surface area (Å²) in [6, 6.07) is 0. The summed E-state index contributed by atoms with van der Waals surface area (Å²) in [6.07, 6.45) is 15.1. The average Bonchev–Trinajstić information content (AvgIpc) is 2.57. The molecule has 0 bridgehead atoms. The third-order valence-corrected chi connectivity index (χ3v) is 5.20. The molecule has 0 aromatic carbocycles. The third-order valence-electron chi connectivity index (χ3n) is 5.20. The molecule has 0 unspecified atom stereocenters. The molecular formula is C21H38K2O4. The maximum absolute atomic E-state index is 11.5. The normalized spacial score (nSPS) is 10.7. The smallest absolute Gasteiger partial charge is 0.549 e. The molecule has 27 heavy (non-hydrogen) atoms. The maximum atomic E-state index is 11.5. The van der Waals surface area contributed by atoms with Crippen LogP contribution in [0.25, 0.3) is 0 Å². The van der Waals surface area contributed by atoms with Crippen LogP contribution in [0.15, 0.2) is 0 Å². The Hall–Kier alpha value is 2.21. The van der Waals surface area contributed by atoms with Gasteiger partial charge in [0.2, 0.25) is 0 Å². The standard InChI is InChI=1S/C21H40O4.2K/c1-3-5-7-9-10-11-12-13-14-16-18-21(19(22)23,20(24)25)17-15-8-6-4-2;;/h3-18H2,1-2H3,(H,22,23)(H,24,25);;/q;2*+1/p-2. The van der Waals surface area contributed by atoms with E-state index in [1.54, 1.807) is 0 Å². The molecule has 0 atom stereocenters. The van der Waals surface area contributed by atoms with E-state index in [4.69, 9.17) is 0 Å². The fourth-order valence-electron chi connectivity index (χ4n) is 3.38. The van der Waals surface area contributed by atoms with Crippen LogP contribution in [0.4, 0.5) is 0 Å². The number of unbranched alkanes of at least 4 members (excludes halogenated alkanes) is 12. The van der Waals surface area contributed by atoms with Gasteiger partial charge in [-0.05, 0) is 12.8 Å².